The maximum Gasteiger partial charge on any atom is 0.182 e. The van der Waals surface area contributed by atoms with E-state index in [4.69, 9.17) is 9.47 Å². The molecule has 6 nitrogen and oxygen atoms in total. The third-order valence-corrected chi connectivity index (χ3v) is 6.08. The van der Waals surface area contributed by atoms with Gasteiger partial charge in [0.2, 0.25) is 0 Å². The van der Waals surface area contributed by atoms with Crippen molar-refractivity contribution >= 4 is 5.70 Å². The van der Waals surface area contributed by atoms with Crippen molar-refractivity contribution in [3.05, 3.63) is 59.7 Å². The Kier molecular flexibility index (Phi) is 4.00. The van der Waals surface area contributed by atoms with Gasteiger partial charge in [-0.1, -0.05) is 18.2 Å². The standard InChI is InChI=1S/C22H25N3O3/c1-24-11-9-22(10-12-24)25-18(16-5-3-4-6-20(16)28-22)14-17(23-25)15-7-8-19(26)21(13-15)27-2/h3-8,13-14,18,23,26H,9-12H2,1-2H3/t18-/m0/s1. The molecule has 28 heavy (non-hydrogen) atoms. The van der Waals surface area contributed by atoms with Crippen molar-refractivity contribution in [1.82, 2.24) is 15.3 Å². The number of para-hydroxylation sites is 1. The molecule has 1 atom stereocenters. The predicted octanol–water partition coefficient (Wildman–Crippen LogP) is 3.12. The molecule has 3 aliphatic heterocycles. The van der Waals surface area contributed by atoms with Crippen LogP contribution < -0.4 is 14.9 Å². The first-order valence-corrected chi connectivity index (χ1v) is 9.71. The molecule has 3 heterocycles. The zero-order valence-corrected chi connectivity index (χ0v) is 16.2. The van der Waals surface area contributed by atoms with Crippen molar-refractivity contribution in [3.63, 3.8) is 0 Å². The summed E-state index contributed by atoms with van der Waals surface area (Å²) < 4.78 is 11.9. The highest BCUT2D eigenvalue weighted by atomic mass is 16.5. The van der Waals surface area contributed by atoms with E-state index in [9.17, 15) is 5.11 Å². The van der Waals surface area contributed by atoms with Gasteiger partial charge in [0.15, 0.2) is 17.2 Å². The highest BCUT2D eigenvalue weighted by Crippen LogP contribution is 2.48. The zero-order valence-electron chi connectivity index (χ0n) is 16.2. The van der Waals surface area contributed by atoms with Crippen LogP contribution in [0.4, 0.5) is 0 Å². The second kappa shape index (κ2) is 6.43. The van der Waals surface area contributed by atoms with E-state index >= 15 is 0 Å². The van der Waals surface area contributed by atoms with Crippen molar-refractivity contribution < 1.29 is 14.6 Å². The quantitative estimate of drug-likeness (QED) is 0.836. The Balaban J connectivity index is 1.56. The SMILES string of the molecule is COc1cc(C2=C[C@H]3c4ccccc4OC4(CCN(C)CC4)N3N2)ccc1O. The van der Waals surface area contributed by atoms with Crippen LogP contribution in [0.25, 0.3) is 5.70 Å². The molecule has 2 N–H and O–H groups in total. The van der Waals surface area contributed by atoms with Crippen LogP contribution in [-0.4, -0.2) is 48.0 Å². The third-order valence-electron chi connectivity index (χ3n) is 6.08. The molecule has 6 heteroatoms. The fourth-order valence-electron chi connectivity index (χ4n) is 4.44. The number of phenolic OH excluding ortho intramolecular Hbond substituents is 1. The summed E-state index contributed by atoms with van der Waals surface area (Å²) in [4.78, 5) is 2.35. The number of aromatic hydroxyl groups is 1. The number of benzene rings is 2. The Labute approximate surface area is 164 Å². The summed E-state index contributed by atoms with van der Waals surface area (Å²) in [7, 11) is 3.72. The van der Waals surface area contributed by atoms with Gasteiger partial charge < -0.3 is 24.9 Å². The van der Waals surface area contributed by atoms with Gasteiger partial charge in [0, 0.05) is 37.1 Å². The van der Waals surface area contributed by atoms with Crippen LogP contribution in [0.5, 0.6) is 17.2 Å². The van der Waals surface area contributed by atoms with E-state index < -0.39 is 0 Å². The Hall–Kier alpha value is -2.70. The molecule has 5 rings (SSSR count). The van der Waals surface area contributed by atoms with Gasteiger partial charge in [0.25, 0.3) is 0 Å². The van der Waals surface area contributed by atoms with Crippen molar-refractivity contribution in [2.24, 2.45) is 0 Å². The lowest BCUT2D eigenvalue weighted by atomic mass is 9.93. The molecule has 2 aromatic rings. The molecule has 0 saturated carbocycles. The number of rotatable bonds is 2. The van der Waals surface area contributed by atoms with E-state index in [1.165, 1.54) is 5.56 Å². The van der Waals surface area contributed by atoms with Crippen LogP contribution in [0.1, 0.15) is 30.0 Å². The van der Waals surface area contributed by atoms with Gasteiger partial charge in [-0.15, -0.1) is 0 Å². The Bertz CT molecular complexity index is 934. The van der Waals surface area contributed by atoms with Gasteiger partial charge in [0.05, 0.1) is 18.8 Å². The molecule has 0 amide bonds. The first-order chi connectivity index (χ1) is 13.6. The Morgan fingerprint density at radius 2 is 1.96 bits per heavy atom. The fraction of sp³-hybridized carbons (Fsp3) is 0.364. The van der Waals surface area contributed by atoms with Crippen LogP contribution in [0.2, 0.25) is 0 Å². The van der Waals surface area contributed by atoms with Crippen molar-refractivity contribution in [1.29, 1.82) is 0 Å². The van der Waals surface area contributed by atoms with Crippen molar-refractivity contribution in [2.75, 3.05) is 27.2 Å². The average molecular weight is 379 g/mol. The lowest BCUT2D eigenvalue weighted by Gasteiger charge is -2.51. The number of hydrogen-bond donors (Lipinski definition) is 2. The molecule has 2 aromatic carbocycles. The Morgan fingerprint density at radius 3 is 2.75 bits per heavy atom. The predicted molar refractivity (Wildman–Crippen MR) is 107 cm³/mol. The molecule has 1 spiro atoms. The van der Waals surface area contributed by atoms with Gasteiger partial charge in [-0.05, 0) is 37.4 Å². The third kappa shape index (κ3) is 2.64. The molecule has 0 bridgehead atoms. The monoisotopic (exact) mass is 379 g/mol. The Morgan fingerprint density at radius 1 is 1.18 bits per heavy atom. The van der Waals surface area contributed by atoms with E-state index in [1.54, 1.807) is 13.2 Å². The number of phenols is 1. The fourth-order valence-corrected chi connectivity index (χ4v) is 4.44. The van der Waals surface area contributed by atoms with E-state index in [1.807, 2.05) is 18.2 Å². The van der Waals surface area contributed by atoms with Crippen LogP contribution in [0, 0.1) is 0 Å². The largest absolute Gasteiger partial charge is 0.504 e. The first-order valence-electron chi connectivity index (χ1n) is 9.71. The van der Waals surface area contributed by atoms with Gasteiger partial charge in [-0.3, -0.25) is 0 Å². The second-order valence-electron chi connectivity index (χ2n) is 7.78. The number of methoxy groups -OCH3 is 1. The first kappa shape index (κ1) is 17.4. The number of ether oxygens (including phenoxy) is 2. The smallest absolute Gasteiger partial charge is 0.182 e. The number of nitrogens with one attached hydrogen (secondary N) is 1. The summed E-state index contributed by atoms with van der Waals surface area (Å²) >= 11 is 0. The van der Waals surface area contributed by atoms with Gasteiger partial charge in [-0.25, -0.2) is 0 Å². The molecular weight excluding hydrogens is 354 g/mol. The van der Waals surface area contributed by atoms with Crippen molar-refractivity contribution in [2.45, 2.75) is 24.6 Å². The molecule has 0 unspecified atom stereocenters. The highest BCUT2D eigenvalue weighted by molar-refractivity contribution is 5.69. The summed E-state index contributed by atoms with van der Waals surface area (Å²) in [5, 5.41) is 12.2. The minimum absolute atomic E-state index is 0.100. The average Bonchev–Trinajstić information content (AvgIpc) is 3.17. The topological polar surface area (TPSA) is 57.2 Å². The lowest BCUT2D eigenvalue weighted by Crippen LogP contribution is -2.63. The number of fused-ring (bicyclic) bond motifs is 4. The maximum atomic E-state index is 9.94. The van der Waals surface area contributed by atoms with Crippen LogP contribution in [0.3, 0.4) is 0 Å². The normalized spacial score (nSPS) is 23.4. The minimum Gasteiger partial charge on any atom is -0.504 e. The van der Waals surface area contributed by atoms with Gasteiger partial charge in [0.1, 0.15) is 5.75 Å². The van der Waals surface area contributed by atoms with Crippen LogP contribution in [0.15, 0.2) is 48.5 Å². The minimum atomic E-state index is -0.370. The molecule has 0 radical (unpaired) electrons. The number of nitrogens with zero attached hydrogens (tertiary/aromatic N) is 2. The summed E-state index contributed by atoms with van der Waals surface area (Å²) in [5.41, 5.74) is 6.38. The zero-order chi connectivity index (χ0) is 19.3. The summed E-state index contributed by atoms with van der Waals surface area (Å²) in [6.45, 7) is 1.99. The number of hydrogen-bond acceptors (Lipinski definition) is 6. The van der Waals surface area contributed by atoms with Gasteiger partial charge in [-0.2, -0.15) is 5.01 Å². The van der Waals surface area contributed by atoms with E-state index in [-0.39, 0.29) is 17.5 Å². The van der Waals surface area contributed by atoms with Crippen LogP contribution >= 0.6 is 0 Å². The van der Waals surface area contributed by atoms with E-state index in [0.29, 0.717) is 5.75 Å². The lowest BCUT2D eigenvalue weighted by molar-refractivity contribution is -0.157. The van der Waals surface area contributed by atoms with Crippen LogP contribution in [-0.2, 0) is 0 Å². The highest BCUT2D eigenvalue weighted by Gasteiger charge is 2.51. The number of hydrazine groups is 1. The second-order valence-corrected chi connectivity index (χ2v) is 7.78. The molecule has 3 aliphatic rings. The molecular formula is C22H25N3O3. The molecule has 0 aliphatic carbocycles. The molecule has 0 aromatic heterocycles. The summed E-state index contributed by atoms with van der Waals surface area (Å²) in [6, 6.07) is 13.8. The molecule has 1 saturated heterocycles. The summed E-state index contributed by atoms with van der Waals surface area (Å²) in [6.07, 6.45) is 4.11. The molecule has 146 valence electrons. The van der Waals surface area contributed by atoms with Crippen molar-refractivity contribution in [3.8, 4) is 17.2 Å². The maximum absolute atomic E-state index is 9.94. The summed E-state index contributed by atoms with van der Waals surface area (Å²) in [5.74, 6) is 1.58. The molecule has 1 fully saturated rings. The number of piperidine rings is 1. The van der Waals surface area contributed by atoms with E-state index in [2.05, 4.69) is 46.7 Å². The number of likely N-dealkylation sites (tertiary alicyclic amines) is 1. The van der Waals surface area contributed by atoms with Gasteiger partial charge >= 0.3 is 0 Å². The van der Waals surface area contributed by atoms with E-state index in [0.717, 1.165) is 42.9 Å².